The van der Waals surface area contributed by atoms with Crippen molar-refractivity contribution < 1.29 is 9.90 Å². The molecular formula is C17H25NO2. The van der Waals surface area contributed by atoms with Crippen molar-refractivity contribution in [2.24, 2.45) is 5.92 Å². The van der Waals surface area contributed by atoms with E-state index in [0.29, 0.717) is 12.5 Å². The zero-order valence-electron chi connectivity index (χ0n) is 12.1. The third kappa shape index (κ3) is 4.97. The lowest BCUT2D eigenvalue weighted by Gasteiger charge is -2.20. The van der Waals surface area contributed by atoms with Gasteiger partial charge in [0.05, 0.1) is 0 Å². The predicted octanol–water partition coefficient (Wildman–Crippen LogP) is 3.59. The quantitative estimate of drug-likeness (QED) is 0.780. The van der Waals surface area contributed by atoms with Crippen LogP contribution < -0.4 is 5.32 Å². The molecule has 3 nitrogen and oxygen atoms in total. The van der Waals surface area contributed by atoms with Crippen LogP contribution >= 0.6 is 0 Å². The molecule has 1 aliphatic carbocycles. The molecule has 0 aromatic heterocycles. The van der Waals surface area contributed by atoms with E-state index in [1.54, 1.807) is 0 Å². The van der Waals surface area contributed by atoms with Crippen LogP contribution in [0.2, 0.25) is 0 Å². The van der Waals surface area contributed by atoms with Gasteiger partial charge in [-0.15, -0.1) is 0 Å². The highest BCUT2D eigenvalue weighted by molar-refractivity contribution is 5.73. The lowest BCUT2D eigenvalue weighted by molar-refractivity contribution is -0.140. The van der Waals surface area contributed by atoms with Crippen LogP contribution in [-0.4, -0.2) is 17.1 Å². The molecule has 1 unspecified atom stereocenters. The number of carboxylic acid groups (broad SMARTS) is 1. The summed E-state index contributed by atoms with van der Waals surface area (Å²) in [6.45, 7) is 0.629. The van der Waals surface area contributed by atoms with Crippen LogP contribution in [0.4, 0.5) is 0 Å². The molecule has 0 radical (unpaired) electrons. The number of rotatable bonds is 6. The SMILES string of the molecule is O=C(O)C(CC1CCCCCC1)NCc1ccccc1. The van der Waals surface area contributed by atoms with Gasteiger partial charge in [-0.25, -0.2) is 0 Å². The number of benzene rings is 1. The average molecular weight is 275 g/mol. The summed E-state index contributed by atoms with van der Waals surface area (Å²) >= 11 is 0. The van der Waals surface area contributed by atoms with Crippen molar-refractivity contribution in [1.29, 1.82) is 0 Å². The van der Waals surface area contributed by atoms with Gasteiger partial charge < -0.3 is 10.4 Å². The van der Waals surface area contributed by atoms with E-state index in [2.05, 4.69) is 5.32 Å². The number of nitrogens with one attached hydrogen (secondary N) is 1. The van der Waals surface area contributed by atoms with Gasteiger partial charge in [-0.1, -0.05) is 68.9 Å². The number of hydrogen-bond donors (Lipinski definition) is 2. The summed E-state index contributed by atoms with van der Waals surface area (Å²) in [6.07, 6.45) is 8.29. The maximum atomic E-state index is 11.4. The van der Waals surface area contributed by atoms with Gasteiger partial charge in [0.2, 0.25) is 0 Å². The molecule has 1 atom stereocenters. The van der Waals surface area contributed by atoms with E-state index in [0.717, 1.165) is 12.0 Å². The summed E-state index contributed by atoms with van der Waals surface area (Å²) in [5.41, 5.74) is 1.14. The zero-order chi connectivity index (χ0) is 14.2. The van der Waals surface area contributed by atoms with Crippen LogP contribution in [0.25, 0.3) is 0 Å². The standard InChI is InChI=1S/C17H25NO2/c19-17(20)16(12-14-8-4-1-2-5-9-14)18-13-15-10-6-3-7-11-15/h3,6-7,10-11,14,16,18H,1-2,4-5,8-9,12-13H2,(H,19,20). The van der Waals surface area contributed by atoms with Gasteiger partial charge in [-0.05, 0) is 17.9 Å². The van der Waals surface area contributed by atoms with Gasteiger partial charge in [-0.2, -0.15) is 0 Å². The maximum absolute atomic E-state index is 11.4. The lowest BCUT2D eigenvalue weighted by Crippen LogP contribution is -2.37. The van der Waals surface area contributed by atoms with Crippen molar-refractivity contribution in [2.75, 3.05) is 0 Å². The fourth-order valence-corrected chi connectivity index (χ4v) is 3.04. The van der Waals surface area contributed by atoms with E-state index in [1.807, 2.05) is 30.3 Å². The van der Waals surface area contributed by atoms with Crippen LogP contribution in [0, 0.1) is 5.92 Å². The van der Waals surface area contributed by atoms with E-state index in [-0.39, 0.29) is 0 Å². The highest BCUT2D eigenvalue weighted by Crippen LogP contribution is 2.26. The first-order valence-corrected chi connectivity index (χ1v) is 7.76. The Morgan fingerprint density at radius 1 is 1.15 bits per heavy atom. The first-order chi connectivity index (χ1) is 9.75. The smallest absolute Gasteiger partial charge is 0.320 e. The lowest BCUT2D eigenvalue weighted by atomic mass is 9.92. The minimum absolute atomic E-state index is 0.418. The molecule has 1 aliphatic rings. The van der Waals surface area contributed by atoms with Gasteiger partial charge >= 0.3 is 5.97 Å². The Balaban J connectivity index is 1.85. The normalized spacial score (nSPS) is 18.4. The van der Waals surface area contributed by atoms with Gasteiger partial charge in [0.1, 0.15) is 6.04 Å². The Morgan fingerprint density at radius 2 is 1.80 bits per heavy atom. The highest BCUT2D eigenvalue weighted by Gasteiger charge is 2.22. The van der Waals surface area contributed by atoms with Crippen molar-refractivity contribution in [3.8, 4) is 0 Å². The molecule has 1 aromatic carbocycles. The average Bonchev–Trinajstić information content (AvgIpc) is 2.73. The second-order valence-corrected chi connectivity index (χ2v) is 5.85. The van der Waals surface area contributed by atoms with E-state index in [1.165, 1.54) is 38.5 Å². The molecule has 0 bridgehead atoms. The molecule has 110 valence electrons. The topological polar surface area (TPSA) is 49.3 Å². The Hall–Kier alpha value is -1.35. The van der Waals surface area contributed by atoms with Crippen molar-refractivity contribution in [1.82, 2.24) is 5.32 Å². The monoisotopic (exact) mass is 275 g/mol. The third-order valence-electron chi connectivity index (χ3n) is 4.24. The second kappa shape index (κ2) is 8.05. The zero-order valence-corrected chi connectivity index (χ0v) is 12.1. The number of aliphatic carboxylic acids is 1. The predicted molar refractivity (Wildman–Crippen MR) is 80.5 cm³/mol. The summed E-state index contributed by atoms with van der Waals surface area (Å²) in [5, 5.41) is 12.6. The number of carbonyl (C=O) groups is 1. The van der Waals surface area contributed by atoms with Crippen molar-refractivity contribution in [3.05, 3.63) is 35.9 Å². The third-order valence-corrected chi connectivity index (χ3v) is 4.24. The van der Waals surface area contributed by atoms with Crippen molar-refractivity contribution in [3.63, 3.8) is 0 Å². The Bertz CT molecular complexity index is 397. The molecule has 1 aromatic rings. The molecule has 0 saturated heterocycles. The van der Waals surface area contributed by atoms with Crippen LogP contribution in [0.3, 0.4) is 0 Å². The fraction of sp³-hybridized carbons (Fsp3) is 0.588. The Labute approximate surface area is 121 Å². The second-order valence-electron chi connectivity index (χ2n) is 5.85. The van der Waals surface area contributed by atoms with Gasteiger partial charge in [-0.3, -0.25) is 4.79 Å². The number of hydrogen-bond acceptors (Lipinski definition) is 2. The first-order valence-electron chi connectivity index (χ1n) is 7.76. The van der Waals surface area contributed by atoms with Gasteiger partial charge in [0, 0.05) is 6.54 Å². The van der Waals surface area contributed by atoms with E-state index in [4.69, 9.17) is 0 Å². The Kier molecular flexibility index (Phi) is 6.06. The van der Waals surface area contributed by atoms with Crippen LogP contribution in [0.5, 0.6) is 0 Å². The highest BCUT2D eigenvalue weighted by atomic mass is 16.4. The van der Waals surface area contributed by atoms with Crippen LogP contribution in [-0.2, 0) is 11.3 Å². The largest absolute Gasteiger partial charge is 0.480 e. The summed E-state index contributed by atoms with van der Waals surface area (Å²) in [6, 6.07) is 9.58. The molecule has 3 heteroatoms. The van der Waals surface area contributed by atoms with Crippen molar-refractivity contribution >= 4 is 5.97 Å². The molecule has 0 heterocycles. The number of carboxylic acids is 1. The molecule has 2 rings (SSSR count). The summed E-state index contributed by atoms with van der Waals surface area (Å²) in [5.74, 6) is -0.146. The van der Waals surface area contributed by atoms with E-state index in [9.17, 15) is 9.90 Å². The molecule has 2 N–H and O–H groups in total. The molecule has 0 amide bonds. The molecule has 20 heavy (non-hydrogen) atoms. The van der Waals surface area contributed by atoms with Crippen LogP contribution in [0.1, 0.15) is 50.5 Å². The Morgan fingerprint density at radius 3 is 2.40 bits per heavy atom. The van der Waals surface area contributed by atoms with Gasteiger partial charge in [0.25, 0.3) is 0 Å². The first kappa shape index (κ1) is 15.0. The fourth-order valence-electron chi connectivity index (χ4n) is 3.04. The molecule has 0 spiro atoms. The van der Waals surface area contributed by atoms with E-state index >= 15 is 0 Å². The molecule has 0 aliphatic heterocycles. The molecule has 1 fully saturated rings. The maximum Gasteiger partial charge on any atom is 0.320 e. The minimum atomic E-state index is -0.717. The van der Waals surface area contributed by atoms with Gasteiger partial charge in [0.15, 0.2) is 0 Å². The summed E-state index contributed by atoms with van der Waals surface area (Å²) in [4.78, 5) is 11.4. The minimum Gasteiger partial charge on any atom is -0.480 e. The van der Waals surface area contributed by atoms with E-state index < -0.39 is 12.0 Å². The van der Waals surface area contributed by atoms with Crippen molar-refractivity contribution in [2.45, 2.75) is 57.5 Å². The summed E-state index contributed by atoms with van der Waals surface area (Å²) < 4.78 is 0. The molecular weight excluding hydrogens is 250 g/mol. The summed E-state index contributed by atoms with van der Waals surface area (Å²) in [7, 11) is 0. The molecule has 1 saturated carbocycles. The van der Waals surface area contributed by atoms with Crippen LogP contribution in [0.15, 0.2) is 30.3 Å².